The molecule has 0 saturated heterocycles. The third-order valence-electron chi connectivity index (χ3n) is 1.45. The van der Waals surface area contributed by atoms with E-state index in [-0.39, 0.29) is 0 Å². The van der Waals surface area contributed by atoms with Crippen molar-refractivity contribution in [2.75, 3.05) is 6.54 Å². The van der Waals surface area contributed by atoms with Crippen molar-refractivity contribution in [3.05, 3.63) is 33.8 Å². The standard InChI is InChI=1S/C9H8Cl3N/c1-2-13-9(12)7-4-3-6(10)5-8(7)11/h3-5H,2H2,1H3/b13-9-. The van der Waals surface area contributed by atoms with Gasteiger partial charge in [-0.05, 0) is 25.1 Å². The van der Waals surface area contributed by atoms with Crippen molar-refractivity contribution in [1.82, 2.24) is 0 Å². The van der Waals surface area contributed by atoms with Crippen molar-refractivity contribution in [2.45, 2.75) is 6.92 Å². The Kier molecular flexibility index (Phi) is 4.04. The number of hydrogen-bond acceptors (Lipinski definition) is 1. The molecule has 0 bridgehead atoms. The maximum absolute atomic E-state index is 5.91. The first-order valence-electron chi connectivity index (χ1n) is 3.80. The van der Waals surface area contributed by atoms with Crippen molar-refractivity contribution in [2.24, 2.45) is 4.99 Å². The van der Waals surface area contributed by atoms with Crippen LogP contribution < -0.4 is 0 Å². The lowest BCUT2D eigenvalue weighted by Crippen LogP contribution is -1.93. The van der Waals surface area contributed by atoms with E-state index in [1.165, 1.54) is 0 Å². The lowest BCUT2D eigenvalue weighted by atomic mass is 10.2. The van der Waals surface area contributed by atoms with Gasteiger partial charge in [-0.1, -0.05) is 34.8 Å². The molecule has 0 spiro atoms. The van der Waals surface area contributed by atoms with E-state index in [2.05, 4.69) is 4.99 Å². The summed E-state index contributed by atoms with van der Waals surface area (Å²) in [5, 5.41) is 1.54. The van der Waals surface area contributed by atoms with Gasteiger partial charge >= 0.3 is 0 Å². The highest BCUT2D eigenvalue weighted by atomic mass is 35.5. The van der Waals surface area contributed by atoms with E-state index in [0.717, 1.165) is 5.56 Å². The minimum absolute atomic E-state index is 0.421. The van der Waals surface area contributed by atoms with Crippen LogP contribution in [-0.2, 0) is 0 Å². The van der Waals surface area contributed by atoms with Crippen molar-refractivity contribution in [3.63, 3.8) is 0 Å². The van der Waals surface area contributed by atoms with Crippen LogP contribution in [0.15, 0.2) is 23.2 Å². The molecule has 0 aliphatic heterocycles. The Morgan fingerprint density at radius 1 is 1.38 bits per heavy atom. The molecular weight excluding hydrogens is 228 g/mol. The van der Waals surface area contributed by atoms with Crippen LogP contribution in [0.1, 0.15) is 12.5 Å². The zero-order chi connectivity index (χ0) is 9.84. The molecule has 0 unspecified atom stereocenters. The molecule has 0 aliphatic rings. The SMILES string of the molecule is CC/N=C(\Cl)c1ccc(Cl)cc1Cl. The van der Waals surface area contributed by atoms with Crippen molar-refractivity contribution in [1.29, 1.82) is 0 Å². The summed E-state index contributed by atoms with van der Waals surface area (Å²) >= 11 is 17.5. The molecule has 0 aromatic heterocycles. The predicted octanol–water partition coefficient (Wildman–Crippen LogP) is 4.00. The van der Waals surface area contributed by atoms with E-state index >= 15 is 0 Å². The van der Waals surface area contributed by atoms with E-state index in [9.17, 15) is 0 Å². The fourth-order valence-electron chi connectivity index (χ4n) is 0.881. The van der Waals surface area contributed by atoms with Gasteiger partial charge in [0.15, 0.2) is 0 Å². The summed E-state index contributed by atoms with van der Waals surface area (Å²) in [6.45, 7) is 2.55. The van der Waals surface area contributed by atoms with Crippen LogP contribution in [0, 0.1) is 0 Å². The molecule has 1 rings (SSSR count). The molecule has 1 aromatic carbocycles. The second-order valence-corrected chi connectivity index (χ2v) is 3.59. The molecule has 0 aliphatic carbocycles. The van der Waals surface area contributed by atoms with E-state index in [4.69, 9.17) is 34.8 Å². The molecule has 70 valence electrons. The molecule has 0 amide bonds. The van der Waals surface area contributed by atoms with Crippen molar-refractivity contribution < 1.29 is 0 Å². The Morgan fingerprint density at radius 2 is 2.08 bits per heavy atom. The van der Waals surface area contributed by atoms with Crippen LogP contribution in [0.3, 0.4) is 0 Å². The molecule has 1 nitrogen and oxygen atoms in total. The molecule has 13 heavy (non-hydrogen) atoms. The van der Waals surface area contributed by atoms with Crippen LogP contribution in [0.5, 0.6) is 0 Å². The number of rotatable bonds is 2. The topological polar surface area (TPSA) is 12.4 Å². The molecule has 1 aromatic rings. The Morgan fingerprint density at radius 3 is 2.62 bits per heavy atom. The van der Waals surface area contributed by atoms with Gasteiger partial charge in [-0.25, -0.2) is 0 Å². The quantitative estimate of drug-likeness (QED) is 0.688. The summed E-state index contributed by atoms with van der Waals surface area (Å²) in [4.78, 5) is 4.04. The molecule has 0 N–H and O–H groups in total. The van der Waals surface area contributed by atoms with E-state index in [0.29, 0.717) is 21.8 Å². The van der Waals surface area contributed by atoms with Gasteiger partial charge in [0.1, 0.15) is 5.17 Å². The number of hydrogen-bond donors (Lipinski definition) is 0. The Labute approximate surface area is 92.3 Å². The lowest BCUT2D eigenvalue weighted by Gasteiger charge is -2.01. The normalized spacial score (nSPS) is 11.8. The van der Waals surface area contributed by atoms with Gasteiger partial charge in [-0.2, -0.15) is 0 Å². The highest BCUT2D eigenvalue weighted by Gasteiger charge is 2.05. The number of benzene rings is 1. The molecule has 4 heteroatoms. The number of nitrogens with zero attached hydrogens (tertiary/aromatic N) is 1. The van der Waals surface area contributed by atoms with Gasteiger partial charge in [0, 0.05) is 17.1 Å². The van der Waals surface area contributed by atoms with Gasteiger partial charge in [0.2, 0.25) is 0 Å². The first kappa shape index (κ1) is 10.8. The maximum Gasteiger partial charge on any atom is 0.132 e. The fraction of sp³-hybridized carbons (Fsp3) is 0.222. The minimum atomic E-state index is 0.421. The summed E-state index contributed by atoms with van der Waals surface area (Å²) in [7, 11) is 0. The summed E-state index contributed by atoms with van der Waals surface area (Å²) in [5.41, 5.74) is 0.717. The second-order valence-electron chi connectivity index (χ2n) is 2.39. The van der Waals surface area contributed by atoms with Crippen LogP contribution in [-0.4, -0.2) is 11.7 Å². The van der Waals surface area contributed by atoms with Crippen molar-refractivity contribution in [3.8, 4) is 0 Å². The maximum atomic E-state index is 5.91. The van der Waals surface area contributed by atoms with Gasteiger partial charge in [-0.15, -0.1) is 0 Å². The third kappa shape index (κ3) is 2.87. The van der Waals surface area contributed by atoms with Gasteiger partial charge in [-0.3, -0.25) is 4.99 Å². The molecule has 0 radical (unpaired) electrons. The van der Waals surface area contributed by atoms with E-state index in [1.54, 1.807) is 18.2 Å². The van der Waals surface area contributed by atoms with Crippen LogP contribution in [0.2, 0.25) is 10.0 Å². The van der Waals surface area contributed by atoms with E-state index in [1.807, 2.05) is 6.92 Å². The lowest BCUT2D eigenvalue weighted by molar-refractivity contribution is 1.14. The Bertz CT molecular complexity index is 334. The molecular formula is C9H8Cl3N. The number of halogens is 3. The molecule has 0 saturated carbocycles. The summed E-state index contributed by atoms with van der Waals surface area (Å²) in [5.74, 6) is 0. The summed E-state index contributed by atoms with van der Waals surface area (Å²) in [6, 6.07) is 5.13. The predicted molar refractivity (Wildman–Crippen MR) is 59.4 cm³/mol. The Hall–Kier alpha value is -0.240. The van der Waals surface area contributed by atoms with Crippen molar-refractivity contribution >= 4 is 40.0 Å². The first-order chi connectivity index (χ1) is 6.15. The smallest absolute Gasteiger partial charge is 0.132 e. The van der Waals surface area contributed by atoms with Gasteiger partial charge < -0.3 is 0 Å². The van der Waals surface area contributed by atoms with Crippen LogP contribution in [0.4, 0.5) is 0 Å². The summed E-state index contributed by atoms with van der Waals surface area (Å²) < 4.78 is 0. The number of aliphatic imine (C=N–C) groups is 1. The highest BCUT2D eigenvalue weighted by molar-refractivity contribution is 6.70. The summed E-state index contributed by atoms with van der Waals surface area (Å²) in [6.07, 6.45) is 0. The first-order valence-corrected chi connectivity index (χ1v) is 4.94. The average Bonchev–Trinajstić information content (AvgIpc) is 2.04. The van der Waals surface area contributed by atoms with E-state index < -0.39 is 0 Å². The molecule has 0 heterocycles. The van der Waals surface area contributed by atoms with Crippen LogP contribution in [0.25, 0.3) is 0 Å². The Balaban J connectivity index is 3.09. The zero-order valence-corrected chi connectivity index (χ0v) is 9.29. The zero-order valence-electron chi connectivity index (χ0n) is 7.02. The molecule has 0 fully saturated rings. The monoisotopic (exact) mass is 235 g/mol. The molecule has 0 atom stereocenters. The van der Waals surface area contributed by atoms with Crippen LogP contribution >= 0.6 is 34.8 Å². The minimum Gasteiger partial charge on any atom is -0.273 e. The second kappa shape index (κ2) is 4.85. The van der Waals surface area contributed by atoms with Gasteiger partial charge in [0.25, 0.3) is 0 Å². The highest BCUT2D eigenvalue weighted by Crippen LogP contribution is 2.22. The largest absolute Gasteiger partial charge is 0.273 e. The third-order valence-corrected chi connectivity index (χ3v) is 2.32. The van der Waals surface area contributed by atoms with Gasteiger partial charge in [0.05, 0.1) is 5.02 Å². The average molecular weight is 237 g/mol. The fourth-order valence-corrected chi connectivity index (χ4v) is 1.71.